The van der Waals surface area contributed by atoms with Crippen LogP contribution in [-0.2, 0) is 4.79 Å². The molecule has 0 aromatic heterocycles. The summed E-state index contributed by atoms with van der Waals surface area (Å²) in [6, 6.07) is 0. The molecule has 0 aliphatic rings. The predicted octanol–water partition coefficient (Wildman–Crippen LogP) is -7.66. The second kappa shape index (κ2) is 9.46. The Morgan fingerprint density at radius 3 is 1.80 bits per heavy atom. The first-order chi connectivity index (χ1) is 5.91. The maximum Gasteiger partial charge on any atom is 1.00 e. The number of carbonyl (C=O) groups excluding carboxylic acids is 1. The third-order valence-electron chi connectivity index (χ3n) is 1.50. The molecule has 86 valence electrons. The van der Waals surface area contributed by atoms with E-state index in [0.29, 0.717) is 0 Å². The fraction of sp³-hybridized carbons (Fsp3) is 0.833. The molecule has 0 fully saturated rings. The van der Waals surface area contributed by atoms with Crippen molar-refractivity contribution in [1.29, 1.82) is 0 Å². The number of carbonyl (C=O) groups is 1. The first-order valence-electron chi connectivity index (χ1n) is 3.45. The molecule has 4 atom stereocenters. The van der Waals surface area contributed by atoms with Gasteiger partial charge >= 0.3 is 29.6 Å². The molecule has 0 rings (SSSR count). The molecule has 15 heavy (non-hydrogen) atoms. The molecule has 0 saturated carbocycles. The summed E-state index contributed by atoms with van der Waals surface area (Å²) >= 11 is 0. The van der Waals surface area contributed by atoms with Crippen molar-refractivity contribution in [2.75, 3.05) is 6.61 Å². The predicted molar refractivity (Wildman–Crippen MR) is 41.1 cm³/mol. The summed E-state index contributed by atoms with van der Waals surface area (Å²) in [5.41, 5.74) is 0. The molecule has 0 bridgehead atoms. The number of aliphatic hydroxyl groups excluding tert-OH is 5. The van der Waals surface area contributed by atoms with E-state index in [4.69, 9.17) is 25.5 Å². The summed E-state index contributed by atoms with van der Waals surface area (Å²) in [6.45, 7) is -0.863. The van der Waals surface area contributed by atoms with E-state index in [1.54, 1.807) is 0 Å². The molecular weight excluding hydrogens is 221 g/mol. The zero-order valence-electron chi connectivity index (χ0n) is 8.28. The van der Waals surface area contributed by atoms with Crippen molar-refractivity contribution in [1.82, 2.24) is 6.15 Å². The van der Waals surface area contributed by atoms with Crippen molar-refractivity contribution in [2.24, 2.45) is 0 Å². The van der Waals surface area contributed by atoms with Gasteiger partial charge in [0.05, 0.1) is 12.6 Å². The Morgan fingerprint density at radius 2 is 1.53 bits per heavy atom. The largest absolute Gasteiger partial charge is 1.00 e. The quantitative estimate of drug-likeness (QED) is 0.254. The van der Waals surface area contributed by atoms with Gasteiger partial charge in [-0.3, -0.25) is 0 Å². The van der Waals surface area contributed by atoms with E-state index in [1.807, 2.05) is 0 Å². The Hall–Kier alpha value is 0.230. The van der Waals surface area contributed by atoms with Gasteiger partial charge in [0.25, 0.3) is 0 Å². The van der Waals surface area contributed by atoms with Crippen LogP contribution >= 0.6 is 0 Å². The van der Waals surface area contributed by atoms with Crippen LogP contribution in [0.5, 0.6) is 0 Å². The van der Waals surface area contributed by atoms with E-state index in [1.165, 1.54) is 0 Å². The molecule has 0 aliphatic carbocycles. The fourth-order valence-electron chi connectivity index (χ4n) is 0.662. The summed E-state index contributed by atoms with van der Waals surface area (Å²) in [4.78, 5) is 9.98. The van der Waals surface area contributed by atoms with E-state index >= 15 is 0 Å². The molecule has 0 radical (unpaired) electrons. The normalized spacial score (nSPS) is 17.7. The topological polar surface area (TPSA) is 176 Å². The molecule has 0 aliphatic heterocycles. The van der Waals surface area contributed by atoms with Crippen molar-refractivity contribution < 1.29 is 65.0 Å². The summed E-state index contributed by atoms with van der Waals surface area (Å²) in [7, 11) is 0. The van der Waals surface area contributed by atoms with Crippen LogP contribution in [0, 0.1) is 0 Å². The standard InChI is InChI=1S/C6H12O7.H3N.Na/c7-1-2(8)3(9)4(10)5(11)6(12)13;;/h2-5,7-11H,1H2,(H,12,13);1H3;/q;;+1/p-1/t2-,3-,4+,5-;;/m1../s1. The molecule has 8 nitrogen and oxygen atoms in total. The monoisotopic (exact) mass is 235 g/mol. The SMILES string of the molecule is N.O=C([O-])[C@H](O)[C@@H](O)[C@H](O)[C@H](O)CO.[Na+]. The van der Waals surface area contributed by atoms with Gasteiger partial charge in [-0.25, -0.2) is 0 Å². The van der Waals surface area contributed by atoms with Gasteiger partial charge in [-0.05, 0) is 0 Å². The van der Waals surface area contributed by atoms with Crippen molar-refractivity contribution in [3.8, 4) is 0 Å². The Bertz CT molecular complexity index is 181. The number of carboxylic acids is 1. The minimum atomic E-state index is -2.31. The molecule has 9 heteroatoms. The van der Waals surface area contributed by atoms with Crippen molar-refractivity contribution in [3.63, 3.8) is 0 Å². The molecule has 0 unspecified atom stereocenters. The second-order valence-corrected chi connectivity index (χ2v) is 2.49. The minimum absolute atomic E-state index is 0. The third kappa shape index (κ3) is 6.40. The van der Waals surface area contributed by atoms with E-state index in [0.717, 1.165) is 0 Å². The Labute approximate surface area is 108 Å². The van der Waals surface area contributed by atoms with E-state index in [-0.39, 0.29) is 35.7 Å². The summed E-state index contributed by atoms with van der Waals surface area (Å²) < 4.78 is 0. The van der Waals surface area contributed by atoms with Gasteiger partial charge in [0, 0.05) is 0 Å². The zero-order valence-corrected chi connectivity index (χ0v) is 10.3. The van der Waals surface area contributed by atoms with Gasteiger partial charge in [-0.2, -0.15) is 0 Å². The molecule has 0 spiro atoms. The van der Waals surface area contributed by atoms with E-state index in [9.17, 15) is 9.90 Å². The van der Waals surface area contributed by atoms with Gasteiger partial charge in [-0.1, -0.05) is 0 Å². The zero-order chi connectivity index (χ0) is 10.6. The van der Waals surface area contributed by atoms with Gasteiger partial charge in [0.15, 0.2) is 0 Å². The van der Waals surface area contributed by atoms with Crippen molar-refractivity contribution in [3.05, 3.63) is 0 Å². The van der Waals surface area contributed by atoms with Gasteiger partial charge in [0.2, 0.25) is 0 Å². The number of carboxylic acid groups (broad SMARTS) is 1. The van der Waals surface area contributed by atoms with Crippen molar-refractivity contribution >= 4 is 5.97 Å². The molecule has 8 N–H and O–H groups in total. The van der Waals surface area contributed by atoms with Crippen molar-refractivity contribution in [2.45, 2.75) is 24.4 Å². The van der Waals surface area contributed by atoms with Gasteiger partial charge < -0.3 is 41.6 Å². The molecule has 0 saturated heterocycles. The molecule has 0 amide bonds. The van der Waals surface area contributed by atoms with Crippen LogP contribution in [0.1, 0.15) is 0 Å². The maximum absolute atomic E-state index is 9.98. The number of rotatable bonds is 5. The van der Waals surface area contributed by atoms with E-state index < -0.39 is 37.0 Å². The number of hydrogen-bond donors (Lipinski definition) is 6. The molecule has 0 aromatic carbocycles. The number of hydrogen-bond acceptors (Lipinski definition) is 8. The van der Waals surface area contributed by atoms with Crippen LogP contribution in [0.15, 0.2) is 0 Å². The fourth-order valence-corrected chi connectivity index (χ4v) is 0.662. The molecule has 0 heterocycles. The Kier molecular flexibility index (Phi) is 13.0. The summed E-state index contributed by atoms with van der Waals surface area (Å²) in [5.74, 6) is -1.98. The number of aliphatic hydroxyl groups is 5. The van der Waals surface area contributed by atoms with Crippen LogP contribution in [0.3, 0.4) is 0 Å². The van der Waals surface area contributed by atoms with Crippen LogP contribution in [-0.4, -0.2) is 62.5 Å². The minimum Gasteiger partial charge on any atom is -0.547 e. The number of aliphatic carboxylic acids is 1. The smallest absolute Gasteiger partial charge is 0.547 e. The maximum atomic E-state index is 9.98. The summed E-state index contributed by atoms with van der Waals surface area (Å²) in [5, 5.41) is 53.4. The average molecular weight is 235 g/mol. The van der Waals surface area contributed by atoms with Crippen LogP contribution in [0.4, 0.5) is 0 Å². The summed E-state index contributed by atoms with van der Waals surface area (Å²) in [6.07, 6.45) is -8.08. The molecule has 0 aromatic rings. The van der Waals surface area contributed by atoms with Gasteiger partial charge in [0.1, 0.15) is 24.4 Å². The Balaban J connectivity index is -0.000000720. The molecular formula is C6H14NNaO7. The van der Waals surface area contributed by atoms with Crippen LogP contribution in [0.2, 0.25) is 0 Å². The van der Waals surface area contributed by atoms with Crippen LogP contribution < -0.4 is 40.8 Å². The second-order valence-electron chi connectivity index (χ2n) is 2.49. The third-order valence-corrected chi connectivity index (χ3v) is 1.50. The first-order valence-corrected chi connectivity index (χ1v) is 3.45. The average Bonchev–Trinajstić information content (AvgIpc) is 2.12. The van der Waals surface area contributed by atoms with Crippen LogP contribution in [0.25, 0.3) is 0 Å². The van der Waals surface area contributed by atoms with Gasteiger partial charge in [-0.15, -0.1) is 0 Å². The Morgan fingerprint density at radius 1 is 1.13 bits per heavy atom. The first kappa shape index (κ1) is 20.6. The van der Waals surface area contributed by atoms with E-state index in [2.05, 4.69) is 0 Å².